The molecule has 6 N–H and O–H groups in total. The zero-order valence-corrected chi connectivity index (χ0v) is 30.2. The lowest BCUT2D eigenvalue weighted by Crippen LogP contribution is -2.59. The van der Waals surface area contributed by atoms with Crippen LogP contribution in [0, 0.1) is 11.8 Å². The second kappa shape index (κ2) is 27.1. The van der Waals surface area contributed by atoms with Crippen molar-refractivity contribution in [3.8, 4) is 0 Å². The van der Waals surface area contributed by atoms with Crippen LogP contribution in [0.25, 0.3) is 0 Å². The van der Waals surface area contributed by atoms with Crippen molar-refractivity contribution in [3.63, 3.8) is 0 Å². The summed E-state index contributed by atoms with van der Waals surface area (Å²) in [6.07, 6.45) is 19.9. The van der Waals surface area contributed by atoms with Crippen LogP contribution in [0.3, 0.4) is 0 Å². The standard InChI is InChI=1S/C39H73FO8/c1-2-3-4-5-6-7-8-9-10-15-18-21-24-33(42)35(43)31(29-47-39-38(46)37(45)36(44)34(28-41)48-39)27-32(40)23-20-17-14-12-11-13-16-19-22-30-25-26-30/h27,30-31,33-39,41-46H,2-26,28-29H2,1H3/b32-27+/t31-,33+,34?,35-,36?,37?,38?,39?/m0/s1. The Kier molecular flexibility index (Phi) is 24.5. The van der Waals surface area contributed by atoms with E-state index in [-0.39, 0.29) is 18.9 Å². The van der Waals surface area contributed by atoms with Gasteiger partial charge >= 0.3 is 0 Å². The summed E-state index contributed by atoms with van der Waals surface area (Å²) in [7, 11) is 0. The SMILES string of the molecule is CCCCCCCCCCCCCC[C@@H](O)[C@@H](O)[C@@H](/C=C(/F)CCCCCCCCCCC1CC1)COC1OC(CO)C(O)C(O)C1O. The molecule has 0 aromatic heterocycles. The Hall–Kier alpha value is -0.650. The van der Waals surface area contributed by atoms with E-state index in [1.54, 1.807) is 0 Å². The van der Waals surface area contributed by atoms with Crippen molar-refractivity contribution >= 4 is 0 Å². The lowest BCUT2D eigenvalue weighted by Gasteiger charge is -2.40. The lowest BCUT2D eigenvalue weighted by atomic mass is 9.93. The molecule has 0 radical (unpaired) electrons. The van der Waals surface area contributed by atoms with E-state index in [0.29, 0.717) is 12.8 Å². The molecule has 1 aliphatic heterocycles. The van der Waals surface area contributed by atoms with Crippen LogP contribution in [0.4, 0.5) is 4.39 Å². The number of rotatable bonds is 31. The van der Waals surface area contributed by atoms with Crippen LogP contribution in [-0.2, 0) is 9.47 Å². The molecular weight excluding hydrogens is 615 g/mol. The average molecular weight is 689 g/mol. The second-order valence-corrected chi connectivity index (χ2v) is 14.9. The van der Waals surface area contributed by atoms with E-state index in [2.05, 4.69) is 6.92 Å². The van der Waals surface area contributed by atoms with Gasteiger partial charge in [0.05, 0.1) is 31.2 Å². The number of ether oxygens (including phenoxy) is 2. The lowest BCUT2D eigenvalue weighted by molar-refractivity contribution is -0.303. The predicted octanol–water partition coefficient (Wildman–Crippen LogP) is 7.40. The number of allylic oxidation sites excluding steroid dienone is 1. The molecular formula is C39H73FO8. The van der Waals surface area contributed by atoms with Crippen molar-refractivity contribution in [2.24, 2.45) is 11.8 Å². The van der Waals surface area contributed by atoms with Gasteiger partial charge < -0.3 is 40.1 Å². The molecule has 2 rings (SSSR count). The van der Waals surface area contributed by atoms with Gasteiger partial charge in [-0.25, -0.2) is 4.39 Å². The first-order chi connectivity index (χ1) is 23.3. The van der Waals surface area contributed by atoms with Crippen molar-refractivity contribution in [2.75, 3.05) is 13.2 Å². The highest BCUT2D eigenvalue weighted by Gasteiger charge is 2.44. The Bertz CT molecular complexity index is 794. The maximum absolute atomic E-state index is 15.1. The number of unbranched alkanes of at least 4 members (excludes halogenated alkanes) is 18. The van der Waals surface area contributed by atoms with Crippen molar-refractivity contribution < 1.29 is 44.5 Å². The topological polar surface area (TPSA) is 140 Å². The predicted molar refractivity (Wildman–Crippen MR) is 189 cm³/mol. The third kappa shape index (κ3) is 19.1. The van der Waals surface area contributed by atoms with Crippen LogP contribution in [0.1, 0.15) is 167 Å². The second-order valence-electron chi connectivity index (χ2n) is 14.9. The number of halogens is 1. The summed E-state index contributed by atoms with van der Waals surface area (Å²) in [5.41, 5.74) is 0. The highest BCUT2D eigenvalue weighted by atomic mass is 19.1. The van der Waals surface area contributed by atoms with Crippen LogP contribution in [0.2, 0.25) is 0 Å². The van der Waals surface area contributed by atoms with Gasteiger partial charge in [0, 0.05) is 5.92 Å². The zero-order chi connectivity index (χ0) is 35.0. The Morgan fingerprint density at radius 2 is 1.25 bits per heavy atom. The largest absolute Gasteiger partial charge is 0.394 e. The summed E-state index contributed by atoms with van der Waals surface area (Å²) in [6.45, 7) is 1.36. The molecule has 0 aromatic carbocycles. The highest BCUT2D eigenvalue weighted by molar-refractivity contribution is 5.00. The van der Waals surface area contributed by atoms with Crippen molar-refractivity contribution in [3.05, 3.63) is 11.9 Å². The molecule has 0 aromatic rings. The van der Waals surface area contributed by atoms with Crippen LogP contribution in [0.15, 0.2) is 11.9 Å². The zero-order valence-electron chi connectivity index (χ0n) is 30.2. The summed E-state index contributed by atoms with van der Waals surface area (Å²) in [5.74, 6) is -0.287. The minimum atomic E-state index is -1.60. The Morgan fingerprint density at radius 3 is 1.79 bits per heavy atom. The van der Waals surface area contributed by atoms with E-state index in [9.17, 15) is 30.6 Å². The van der Waals surface area contributed by atoms with Gasteiger partial charge in [0.2, 0.25) is 0 Å². The molecule has 1 saturated heterocycles. The van der Waals surface area contributed by atoms with Gasteiger partial charge in [-0.1, -0.05) is 148 Å². The van der Waals surface area contributed by atoms with E-state index >= 15 is 4.39 Å². The average Bonchev–Trinajstić information content (AvgIpc) is 3.91. The normalized spacial score (nSPS) is 25.3. The van der Waals surface area contributed by atoms with Gasteiger partial charge in [0.15, 0.2) is 6.29 Å². The molecule has 48 heavy (non-hydrogen) atoms. The molecule has 0 bridgehead atoms. The molecule has 0 spiro atoms. The molecule has 5 unspecified atom stereocenters. The van der Waals surface area contributed by atoms with E-state index < -0.39 is 55.4 Å². The molecule has 0 amide bonds. The fourth-order valence-corrected chi connectivity index (χ4v) is 6.82. The van der Waals surface area contributed by atoms with Gasteiger partial charge in [-0.2, -0.15) is 0 Å². The maximum atomic E-state index is 15.1. The monoisotopic (exact) mass is 689 g/mol. The van der Waals surface area contributed by atoms with Gasteiger partial charge in [-0.3, -0.25) is 0 Å². The summed E-state index contributed by atoms with van der Waals surface area (Å²) in [5, 5.41) is 62.0. The molecule has 1 saturated carbocycles. The van der Waals surface area contributed by atoms with Gasteiger partial charge in [0.25, 0.3) is 0 Å². The number of aliphatic hydroxyl groups is 6. The smallest absolute Gasteiger partial charge is 0.186 e. The van der Waals surface area contributed by atoms with Gasteiger partial charge in [-0.05, 0) is 31.3 Å². The maximum Gasteiger partial charge on any atom is 0.186 e. The molecule has 8 nitrogen and oxygen atoms in total. The third-order valence-electron chi connectivity index (χ3n) is 10.4. The summed E-state index contributed by atoms with van der Waals surface area (Å²) >= 11 is 0. The van der Waals surface area contributed by atoms with Crippen LogP contribution in [0.5, 0.6) is 0 Å². The quantitative estimate of drug-likeness (QED) is 0.0415. The van der Waals surface area contributed by atoms with E-state index in [0.717, 1.165) is 50.9 Å². The fourth-order valence-electron chi connectivity index (χ4n) is 6.82. The molecule has 2 aliphatic rings. The third-order valence-corrected chi connectivity index (χ3v) is 10.4. The first kappa shape index (κ1) is 43.5. The summed E-state index contributed by atoms with van der Waals surface area (Å²) < 4.78 is 26.2. The summed E-state index contributed by atoms with van der Waals surface area (Å²) in [6, 6.07) is 0. The van der Waals surface area contributed by atoms with Gasteiger partial charge in [0.1, 0.15) is 24.4 Å². The van der Waals surface area contributed by atoms with Crippen LogP contribution < -0.4 is 0 Å². The fraction of sp³-hybridized carbons (Fsp3) is 0.949. The molecule has 1 heterocycles. The van der Waals surface area contributed by atoms with E-state index in [1.807, 2.05) is 0 Å². The van der Waals surface area contributed by atoms with Crippen molar-refractivity contribution in [2.45, 2.75) is 210 Å². The van der Waals surface area contributed by atoms with Crippen LogP contribution >= 0.6 is 0 Å². The molecule has 9 heteroatoms. The number of hydrogen-bond acceptors (Lipinski definition) is 8. The van der Waals surface area contributed by atoms with Crippen molar-refractivity contribution in [1.82, 2.24) is 0 Å². The Labute approximate surface area is 291 Å². The molecule has 2 fully saturated rings. The van der Waals surface area contributed by atoms with Crippen molar-refractivity contribution in [1.29, 1.82) is 0 Å². The molecule has 8 atom stereocenters. The Balaban J connectivity index is 1.76. The Morgan fingerprint density at radius 1 is 0.729 bits per heavy atom. The molecule has 284 valence electrons. The first-order valence-electron chi connectivity index (χ1n) is 19.9. The summed E-state index contributed by atoms with van der Waals surface area (Å²) in [4.78, 5) is 0. The highest BCUT2D eigenvalue weighted by Crippen LogP contribution is 2.34. The van der Waals surface area contributed by atoms with E-state index in [1.165, 1.54) is 102 Å². The minimum absolute atomic E-state index is 0.236. The molecule has 1 aliphatic carbocycles. The van der Waals surface area contributed by atoms with Crippen LogP contribution in [-0.4, -0.2) is 86.8 Å². The van der Waals surface area contributed by atoms with Gasteiger partial charge in [-0.15, -0.1) is 0 Å². The first-order valence-corrected chi connectivity index (χ1v) is 19.9. The number of hydrogen-bond donors (Lipinski definition) is 6. The van der Waals surface area contributed by atoms with E-state index in [4.69, 9.17) is 9.47 Å². The number of aliphatic hydroxyl groups excluding tert-OH is 6. The minimum Gasteiger partial charge on any atom is -0.394 e.